The molecule has 32 heavy (non-hydrogen) atoms. The van der Waals surface area contributed by atoms with Crippen molar-refractivity contribution in [2.24, 2.45) is 0 Å². The van der Waals surface area contributed by atoms with Crippen LogP contribution in [-0.2, 0) is 4.79 Å². The number of hydrogen-bond acceptors (Lipinski definition) is 6. The first-order chi connectivity index (χ1) is 15.3. The van der Waals surface area contributed by atoms with Gasteiger partial charge in [0.2, 0.25) is 5.95 Å². The third-order valence-electron chi connectivity index (χ3n) is 5.04. The summed E-state index contributed by atoms with van der Waals surface area (Å²) in [5, 5.41) is 5.55. The summed E-state index contributed by atoms with van der Waals surface area (Å²) < 4.78 is 29.3. The molecular formula is C22H20F2N6O2. The number of carbonyl (C=O) groups excluding carboxylic acids is 2. The molecular weight excluding hydrogens is 418 g/mol. The molecule has 2 N–H and O–H groups in total. The van der Waals surface area contributed by atoms with Crippen LogP contribution in [0.4, 0.5) is 37.6 Å². The molecule has 8 nitrogen and oxygen atoms in total. The molecule has 2 aromatic carbocycles. The largest absolute Gasteiger partial charge is 0.355 e. The van der Waals surface area contributed by atoms with Gasteiger partial charge < -0.3 is 20.4 Å². The molecule has 1 aliphatic heterocycles. The van der Waals surface area contributed by atoms with E-state index >= 15 is 0 Å². The number of benzene rings is 2. The number of amides is 2. The van der Waals surface area contributed by atoms with Crippen molar-refractivity contribution in [2.75, 3.05) is 35.8 Å². The van der Waals surface area contributed by atoms with Gasteiger partial charge in [0.1, 0.15) is 5.69 Å². The second-order valence-electron chi connectivity index (χ2n) is 7.17. The smallest absolute Gasteiger partial charge is 0.342 e. The quantitative estimate of drug-likeness (QED) is 0.650. The molecule has 0 bridgehead atoms. The molecule has 0 atom stereocenters. The molecule has 3 aromatic rings. The minimum absolute atomic E-state index is 0.156. The molecule has 0 fully saturated rings. The molecule has 1 aliphatic rings. The summed E-state index contributed by atoms with van der Waals surface area (Å²) in [6.45, 7) is -0.857. The Labute approximate surface area is 182 Å². The van der Waals surface area contributed by atoms with Gasteiger partial charge in [-0.25, -0.2) is 4.98 Å². The first-order valence-electron chi connectivity index (χ1n) is 9.75. The summed E-state index contributed by atoms with van der Waals surface area (Å²) in [5.41, 5.74) is 1.72. The average Bonchev–Trinajstić information content (AvgIpc) is 2.88. The number of halogens is 2. The number of carbonyl (C=O) groups is 2. The molecule has 0 radical (unpaired) electrons. The zero-order valence-corrected chi connectivity index (χ0v) is 17.3. The Kier molecular flexibility index (Phi) is 5.43. The van der Waals surface area contributed by atoms with E-state index in [0.29, 0.717) is 16.9 Å². The standard InChI is InChI=1S/C22H20F2N6O2/c1-25-19(31)14-8-10-15(11-9-14)27-21-26-12-17-18(28-21)30(16-6-4-3-5-7-16)13-22(23,24)20(32)29(17)2/h3-12H,13H2,1-2H3,(H,25,31)(H,26,27,28). The van der Waals surface area contributed by atoms with Crippen molar-refractivity contribution in [1.29, 1.82) is 0 Å². The Balaban J connectivity index is 1.73. The first-order valence-corrected chi connectivity index (χ1v) is 9.75. The van der Waals surface area contributed by atoms with Gasteiger partial charge in [-0.15, -0.1) is 0 Å². The molecule has 10 heteroatoms. The number of para-hydroxylation sites is 1. The molecule has 0 spiro atoms. The van der Waals surface area contributed by atoms with E-state index in [-0.39, 0.29) is 23.4 Å². The Morgan fingerprint density at radius 1 is 1.09 bits per heavy atom. The fourth-order valence-corrected chi connectivity index (χ4v) is 3.36. The Morgan fingerprint density at radius 3 is 2.44 bits per heavy atom. The second-order valence-corrected chi connectivity index (χ2v) is 7.17. The fraction of sp³-hybridized carbons (Fsp3) is 0.182. The van der Waals surface area contributed by atoms with Crippen LogP contribution in [0.25, 0.3) is 0 Å². The third kappa shape index (κ3) is 3.94. The lowest BCUT2D eigenvalue weighted by atomic mass is 10.2. The van der Waals surface area contributed by atoms with Gasteiger partial charge >= 0.3 is 5.92 Å². The Morgan fingerprint density at radius 2 is 1.78 bits per heavy atom. The monoisotopic (exact) mass is 438 g/mol. The molecule has 1 aromatic heterocycles. The van der Waals surface area contributed by atoms with Gasteiger partial charge in [-0.05, 0) is 36.4 Å². The molecule has 4 rings (SSSR count). The lowest BCUT2D eigenvalue weighted by Gasteiger charge is -2.25. The van der Waals surface area contributed by atoms with Gasteiger partial charge in [-0.2, -0.15) is 13.8 Å². The predicted octanol–water partition coefficient (Wildman–Crippen LogP) is 3.33. The maximum absolute atomic E-state index is 14.7. The summed E-state index contributed by atoms with van der Waals surface area (Å²) in [4.78, 5) is 34.9. The van der Waals surface area contributed by atoms with Crippen molar-refractivity contribution in [3.05, 3.63) is 66.4 Å². The highest BCUT2D eigenvalue weighted by Gasteiger charge is 2.47. The minimum Gasteiger partial charge on any atom is -0.355 e. The number of alkyl halides is 2. The van der Waals surface area contributed by atoms with Crippen molar-refractivity contribution in [2.45, 2.75) is 5.92 Å². The van der Waals surface area contributed by atoms with Crippen LogP contribution in [0.15, 0.2) is 60.8 Å². The summed E-state index contributed by atoms with van der Waals surface area (Å²) in [7, 11) is 2.82. The summed E-state index contributed by atoms with van der Waals surface area (Å²) in [6.07, 6.45) is 1.33. The van der Waals surface area contributed by atoms with Gasteiger partial charge in [0, 0.05) is 31.0 Å². The highest BCUT2D eigenvalue weighted by atomic mass is 19.3. The summed E-state index contributed by atoms with van der Waals surface area (Å²) >= 11 is 0. The zero-order chi connectivity index (χ0) is 22.9. The van der Waals surface area contributed by atoms with Crippen LogP contribution in [0.5, 0.6) is 0 Å². The van der Waals surface area contributed by atoms with Gasteiger partial charge in [-0.3, -0.25) is 9.59 Å². The molecule has 0 saturated heterocycles. The van der Waals surface area contributed by atoms with Gasteiger partial charge in [0.15, 0.2) is 5.82 Å². The van der Waals surface area contributed by atoms with Crippen LogP contribution in [-0.4, -0.2) is 48.3 Å². The minimum atomic E-state index is -3.62. The van der Waals surface area contributed by atoms with Crippen molar-refractivity contribution >= 4 is 40.6 Å². The van der Waals surface area contributed by atoms with Crippen LogP contribution >= 0.6 is 0 Å². The summed E-state index contributed by atoms with van der Waals surface area (Å²) in [6, 6.07) is 15.2. The Hall–Kier alpha value is -4.08. The number of hydrogen-bond donors (Lipinski definition) is 2. The SMILES string of the molecule is CNC(=O)c1ccc(Nc2ncc3c(n2)N(c2ccccc2)CC(F)(F)C(=O)N3C)cc1. The predicted molar refractivity (Wildman–Crippen MR) is 117 cm³/mol. The van der Waals surface area contributed by atoms with Crippen LogP contribution in [0.2, 0.25) is 0 Å². The van der Waals surface area contributed by atoms with Crippen LogP contribution in [0.1, 0.15) is 10.4 Å². The number of nitrogens with one attached hydrogen (secondary N) is 2. The van der Waals surface area contributed by atoms with Crippen molar-refractivity contribution in [3.8, 4) is 0 Å². The number of anilines is 5. The van der Waals surface area contributed by atoms with Crippen molar-refractivity contribution < 1.29 is 18.4 Å². The summed E-state index contributed by atoms with van der Waals surface area (Å²) in [5.74, 6) is -4.84. The fourth-order valence-electron chi connectivity index (χ4n) is 3.36. The number of nitrogens with zero attached hydrogens (tertiary/aromatic N) is 4. The van der Waals surface area contributed by atoms with Crippen molar-refractivity contribution in [1.82, 2.24) is 15.3 Å². The van der Waals surface area contributed by atoms with E-state index in [1.54, 1.807) is 61.6 Å². The second kappa shape index (κ2) is 8.22. The van der Waals surface area contributed by atoms with Crippen LogP contribution in [0.3, 0.4) is 0 Å². The first kappa shape index (κ1) is 21.2. The number of rotatable bonds is 4. The average molecular weight is 438 g/mol. The van der Waals surface area contributed by atoms with E-state index < -0.39 is 18.4 Å². The van der Waals surface area contributed by atoms with Crippen LogP contribution < -0.4 is 20.4 Å². The highest BCUT2D eigenvalue weighted by molar-refractivity contribution is 6.02. The van der Waals surface area contributed by atoms with E-state index in [2.05, 4.69) is 20.6 Å². The third-order valence-corrected chi connectivity index (χ3v) is 5.04. The van der Waals surface area contributed by atoms with Gasteiger partial charge in [-0.1, -0.05) is 18.2 Å². The topological polar surface area (TPSA) is 90.5 Å². The van der Waals surface area contributed by atoms with Gasteiger partial charge in [0.05, 0.1) is 12.7 Å². The zero-order valence-electron chi connectivity index (χ0n) is 17.3. The molecule has 0 saturated carbocycles. The lowest BCUT2D eigenvalue weighted by molar-refractivity contribution is -0.140. The molecule has 0 unspecified atom stereocenters. The van der Waals surface area contributed by atoms with Crippen LogP contribution in [0, 0.1) is 0 Å². The van der Waals surface area contributed by atoms with E-state index in [4.69, 9.17) is 0 Å². The maximum Gasteiger partial charge on any atom is 0.342 e. The molecule has 2 heterocycles. The van der Waals surface area contributed by atoms with Gasteiger partial charge in [0.25, 0.3) is 11.8 Å². The van der Waals surface area contributed by atoms with Crippen molar-refractivity contribution in [3.63, 3.8) is 0 Å². The molecule has 0 aliphatic carbocycles. The highest BCUT2D eigenvalue weighted by Crippen LogP contribution is 2.39. The number of aromatic nitrogens is 2. The molecule has 164 valence electrons. The molecule has 2 amide bonds. The van der Waals surface area contributed by atoms with E-state index in [0.717, 1.165) is 4.90 Å². The maximum atomic E-state index is 14.7. The van der Waals surface area contributed by atoms with E-state index in [9.17, 15) is 18.4 Å². The normalized spacial score (nSPS) is 15.1. The lowest BCUT2D eigenvalue weighted by Crippen LogP contribution is -2.45. The van der Waals surface area contributed by atoms with E-state index in [1.165, 1.54) is 18.1 Å². The van der Waals surface area contributed by atoms with E-state index in [1.807, 2.05) is 0 Å². The Bertz CT molecular complexity index is 1150. The number of fused-ring (bicyclic) bond motifs is 1.